The maximum atomic E-state index is 11.9. The topological polar surface area (TPSA) is 76.4 Å². The van der Waals surface area contributed by atoms with Gasteiger partial charge in [0.25, 0.3) is 5.91 Å². The van der Waals surface area contributed by atoms with Crippen molar-refractivity contribution >= 4 is 17.3 Å². The number of ether oxygens (including phenoxy) is 1. The number of nitrogens with two attached hydrogens (primary N) is 1. The van der Waals surface area contributed by atoms with Gasteiger partial charge >= 0.3 is 0 Å². The van der Waals surface area contributed by atoms with Crippen molar-refractivity contribution in [1.29, 1.82) is 0 Å². The molecule has 1 saturated heterocycles. The van der Waals surface area contributed by atoms with Gasteiger partial charge in [-0.05, 0) is 44.9 Å². The van der Waals surface area contributed by atoms with Crippen molar-refractivity contribution in [3.63, 3.8) is 0 Å². The molecule has 1 heterocycles. The van der Waals surface area contributed by atoms with E-state index >= 15 is 0 Å². The molecule has 5 nitrogen and oxygen atoms in total. The molecule has 2 atom stereocenters. The Morgan fingerprint density at radius 1 is 1.50 bits per heavy atom. The molecule has 0 aliphatic carbocycles. The Labute approximate surface area is 119 Å². The summed E-state index contributed by atoms with van der Waals surface area (Å²) in [5, 5.41) is 6.22. The molecule has 110 valence electrons. The van der Waals surface area contributed by atoms with Crippen LogP contribution in [0.4, 0.5) is 11.4 Å². The number of hydrogen-bond acceptors (Lipinski definition) is 4. The molecule has 0 bridgehead atoms. The van der Waals surface area contributed by atoms with Gasteiger partial charge < -0.3 is 21.1 Å². The fourth-order valence-electron chi connectivity index (χ4n) is 2.43. The number of nitrogen functional groups attached to an aromatic ring is 1. The van der Waals surface area contributed by atoms with E-state index in [9.17, 15) is 4.79 Å². The van der Waals surface area contributed by atoms with E-state index in [0.717, 1.165) is 25.1 Å². The molecule has 1 aromatic carbocycles. The highest BCUT2D eigenvalue weighted by atomic mass is 16.5. The highest BCUT2D eigenvalue weighted by Gasteiger charge is 2.20. The van der Waals surface area contributed by atoms with E-state index in [1.807, 2.05) is 13.0 Å². The van der Waals surface area contributed by atoms with Crippen LogP contribution in [-0.2, 0) is 4.74 Å². The third kappa shape index (κ3) is 3.63. The number of nitrogens with one attached hydrogen (secondary N) is 2. The van der Waals surface area contributed by atoms with E-state index in [1.165, 1.54) is 0 Å². The number of rotatable bonds is 4. The highest BCUT2D eigenvalue weighted by Crippen LogP contribution is 2.24. The molecule has 1 fully saturated rings. The largest absolute Gasteiger partial charge is 0.397 e. The van der Waals surface area contributed by atoms with Gasteiger partial charge in [-0.15, -0.1) is 0 Å². The smallest absolute Gasteiger partial charge is 0.251 e. The molecular weight excluding hydrogens is 254 g/mol. The van der Waals surface area contributed by atoms with Crippen molar-refractivity contribution in [2.45, 2.75) is 38.8 Å². The lowest BCUT2D eigenvalue weighted by Gasteiger charge is -2.29. The Morgan fingerprint density at radius 2 is 2.30 bits per heavy atom. The molecular formula is C15H23N3O2. The van der Waals surface area contributed by atoms with Crippen LogP contribution in [-0.4, -0.2) is 31.2 Å². The number of amides is 1. The van der Waals surface area contributed by atoms with Crippen LogP contribution in [0, 0.1) is 0 Å². The molecule has 1 amide bonds. The SMILES string of the molecule is CCNC(=O)c1ccc(N)c(NC2CCOC(C)C2)c1. The number of carbonyl (C=O) groups excluding carboxylic acids is 1. The summed E-state index contributed by atoms with van der Waals surface area (Å²) in [5.41, 5.74) is 8.11. The van der Waals surface area contributed by atoms with Crippen LogP contribution in [0.2, 0.25) is 0 Å². The van der Waals surface area contributed by atoms with Crippen molar-refractivity contribution in [2.75, 3.05) is 24.2 Å². The Hall–Kier alpha value is -1.75. The normalized spacial score (nSPS) is 22.3. The third-order valence-electron chi connectivity index (χ3n) is 3.50. The first kappa shape index (κ1) is 14.7. The van der Waals surface area contributed by atoms with Crippen LogP contribution in [0.3, 0.4) is 0 Å². The average Bonchev–Trinajstić information content (AvgIpc) is 2.41. The zero-order valence-corrected chi connectivity index (χ0v) is 12.1. The zero-order valence-electron chi connectivity index (χ0n) is 12.1. The number of carbonyl (C=O) groups is 1. The minimum Gasteiger partial charge on any atom is -0.397 e. The van der Waals surface area contributed by atoms with Gasteiger partial charge in [-0.2, -0.15) is 0 Å². The van der Waals surface area contributed by atoms with E-state index in [2.05, 4.69) is 17.6 Å². The summed E-state index contributed by atoms with van der Waals surface area (Å²) in [7, 11) is 0. The fraction of sp³-hybridized carbons (Fsp3) is 0.533. The van der Waals surface area contributed by atoms with E-state index in [1.54, 1.807) is 12.1 Å². The van der Waals surface area contributed by atoms with Gasteiger partial charge in [0.15, 0.2) is 0 Å². The van der Waals surface area contributed by atoms with E-state index in [-0.39, 0.29) is 12.0 Å². The molecule has 0 saturated carbocycles. The lowest BCUT2D eigenvalue weighted by molar-refractivity contribution is 0.0232. The second kappa shape index (κ2) is 6.61. The predicted molar refractivity (Wildman–Crippen MR) is 80.9 cm³/mol. The van der Waals surface area contributed by atoms with Crippen molar-refractivity contribution in [1.82, 2.24) is 5.32 Å². The van der Waals surface area contributed by atoms with Crippen molar-refractivity contribution < 1.29 is 9.53 Å². The highest BCUT2D eigenvalue weighted by molar-refractivity contribution is 5.96. The Morgan fingerprint density at radius 3 is 3.00 bits per heavy atom. The lowest BCUT2D eigenvalue weighted by Crippen LogP contribution is -2.32. The van der Waals surface area contributed by atoms with Gasteiger partial charge in [0, 0.05) is 24.8 Å². The van der Waals surface area contributed by atoms with Gasteiger partial charge in [-0.3, -0.25) is 4.79 Å². The summed E-state index contributed by atoms with van der Waals surface area (Å²) in [5.74, 6) is -0.0732. The first-order valence-electron chi connectivity index (χ1n) is 7.16. The molecule has 0 radical (unpaired) electrons. The maximum Gasteiger partial charge on any atom is 0.251 e. The van der Waals surface area contributed by atoms with Gasteiger partial charge in [0.2, 0.25) is 0 Å². The lowest BCUT2D eigenvalue weighted by atomic mass is 10.0. The summed E-state index contributed by atoms with van der Waals surface area (Å²) >= 11 is 0. The minimum atomic E-state index is -0.0732. The van der Waals surface area contributed by atoms with Crippen molar-refractivity contribution in [3.8, 4) is 0 Å². The molecule has 2 unspecified atom stereocenters. The minimum absolute atomic E-state index is 0.0732. The van der Waals surface area contributed by atoms with Crippen LogP contribution in [0.15, 0.2) is 18.2 Å². The van der Waals surface area contributed by atoms with Crippen molar-refractivity contribution in [2.24, 2.45) is 0 Å². The number of hydrogen-bond donors (Lipinski definition) is 3. The Balaban J connectivity index is 2.10. The Kier molecular flexibility index (Phi) is 4.84. The third-order valence-corrected chi connectivity index (χ3v) is 3.50. The first-order chi connectivity index (χ1) is 9.60. The standard InChI is InChI=1S/C15H23N3O2/c1-3-17-15(19)11-4-5-13(16)14(9-11)18-12-6-7-20-10(2)8-12/h4-5,9-10,12,18H,3,6-8,16H2,1-2H3,(H,17,19). The molecule has 1 aliphatic rings. The monoisotopic (exact) mass is 277 g/mol. The van der Waals surface area contributed by atoms with Crippen LogP contribution in [0.5, 0.6) is 0 Å². The maximum absolute atomic E-state index is 11.9. The summed E-state index contributed by atoms with van der Waals surface area (Å²) in [6.07, 6.45) is 2.16. The average molecular weight is 277 g/mol. The zero-order chi connectivity index (χ0) is 14.5. The molecule has 0 spiro atoms. The second-order valence-electron chi connectivity index (χ2n) is 5.21. The van der Waals surface area contributed by atoms with Gasteiger partial charge in [0.1, 0.15) is 0 Å². The molecule has 5 heteroatoms. The Bertz CT molecular complexity index is 476. The van der Waals surface area contributed by atoms with E-state index in [0.29, 0.717) is 23.8 Å². The van der Waals surface area contributed by atoms with Crippen LogP contribution in [0.25, 0.3) is 0 Å². The van der Waals surface area contributed by atoms with Crippen molar-refractivity contribution in [3.05, 3.63) is 23.8 Å². The van der Waals surface area contributed by atoms with Gasteiger partial charge in [-0.1, -0.05) is 0 Å². The molecule has 1 aliphatic heterocycles. The van der Waals surface area contributed by atoms with E-state index < -0.39 is 0 Å². The molecule has 0 aromatic heterocycles. The summed E-state index contributed by atoms with van der Waals surface area (Å²) in [6.45, 7) is 5.35. The number of anilines is 2. The second-order valence-corrected chi connectivity index (χ2v) is 5.21. The quantitative estimate of drug-likeness (QED) is 0.736. The van der Waals surface area contributed by atoms with Crippen LogP contribution >= 0.6 is 0 Å². The summed E-state index contributed by atoms with van der Waals surface area (Å²) in [4.78, 5) is 11.9. The van der Waals surface area contributed by atoms with E-state index in [4.69, 9.17) is 10.5 Å². The summed E-state index contributed by atoms with van der Waals surface area (Å²) in [6, 6.07) is 5.68. The molecule has 4 N–H and O–H groups in total. The molecule has 1 aromatic rings. The molecule has 2 rings (SSSR count). The fourth-order valence-corrected chi connectivity index (χ4v) is 2.43. The summed E-state index contributed by atoms with van der Waals surface area (Å²) < 4.78 is 5.53. The first-order valence-corrected chi connectivity index (χ1v) is 7.16. The van der Waals surface area contributed by atoms with Gasteiger partial charge in [0.05, 0.1) is 17.5 Å². The molecule has 20 heavy (non-hydrogen) atoms. The van der Waals surface area contributed by atoms with Gasteiger partial charge in [-0.25, -0.2) is 0 Å². The number of benzene rings is 1. The van der Waals surface area contributed by atoms with Crippen LogP contribution < -0.4 is 16.4 Å². The predicted octanol–water partition coefficient (Wildman–Crippen LogP) is 2.00. The van der Waals surface area contributed by atoms with Crippen LogP contribution in [0.1, 0.15) is 37.0 Å².